The number of nitrogens with one attached hydrogen (secondary N) is 1. The minimum atomic E-state index is 0.598. The molecule has 1 aromatic heterocycles. The van der Waals surface area contributed by atoms with Gasteiger partial charge in [0.05, 0.1) is 6.61 Å². The number of hydrogen-bond acceptors (Lipinski definition) is 5. The molecule has 0 bridgehead atoms. The van der Waals surface area contributed by atoms with E-state index in [0.29, 0.717) is 12.6 Å². The van der Waals surface area contributed by atoms with E-state index in [2.05, 4.69) is 46.4 Å². The van der Waals surface area contributed by atoms with Gasteiger partial charge in [0.25, 0.3) is 0 Å². The summed E-state index contributed by atoms with van der Waals surface area (Å²) in [4.78, 5) is 11.5. The van der Waals surface area contributed by atoms with Crippen molar-refractivity contribution in [1.82, 2.24) is 9.97 Å². The van der Waals surface area contributed by atoms with Crippen molar-refractivity contribution in [3.8, 4) is 5.75 Å². The maximum atomic E-state index is 5.49. The van der Waals surface area contributed by atoms with Crippen LogP contribution in [-0.2, 0) is 6.54 Å². The molecule has 2 aromatic carbocycles. The average molecular weight is 362 g/mol. The highest BCUT2D eigenvalue weighted by Gasteiger charge is 2.10. The summed E-state index contributed by atoms with van der Waals surface area (Å²) in [6.45, 7) is 8.45. The average Bonchev–Trinajstić information content (AvgIpc) is 2.68. The van der Waals surface area contributed by atoms with Crippen molar-refractivity contribution >= 4 is 17.5 Å². The lowest BCUT2D eigenvalue weighted by atomic mass is 10.2. The van der Waals surface area contributed by atoms with Gasteiger partial charge in [-0.05, 0) is 50.6 Å². The maximum Gasteiger partial charge on any atom is 0.229 e. The van der Waals surface area contributed by atoms with Crippen molar-refractivity contribution in [2.45, 2.75) is 27.3 Å². The molecular formula is C22H26N4O. The summed E-state index contributed by atoms with van der Waals surface area (Å²) in [5, 5.41) is 3.29. The van der Waals surface area contributed by atoms with Crippen molar-refractivity contribution in [2.24, 2.45) is 0 Å². The molecule has 0 amide bonds. The molecule has 27 heavy (non-hydrogen) atoms. The van der Waals surface area contributed by atoms with E-state index in [0.717, 1.165) is 36.0 Å². The minimum absolute atomic E-state index is 0.598. The molecule has 0 atom stereocenters. The van der Waals surface area contributed by atoms with Crippen LogP contribution in [0.4, 0.5) is 17.5 Å². The van der Waals surface area contributed by atoms with Gasteiger partial charge in [-0.2, -0.15) is 4.98 Å². The van der Waals surface area contributed by atoms with Crippen LogP contribution in [0.1, 0.15) is 25.1 Å². The van der Waals surface area contributed by atoms with Crippen LogP contribution in [0.25, 0.3) is 0 Å². The Labute approximate surface area is 161 Å². The minimum Gasteiger partial charge on any atom is -0.494 e. The standard InChI is InChI=1S/C22H26N4O/c1-4-26(16-18-9-7-6-8-10-18)21-15-17(3)23-22(25-21)24-19-11-13-20(14-12-19)27-5-2/h6-15H,4-5,16H2,1-3H3,(H,23,24,25). The van der Waals surface area contributed by atoms with Crippen molar-refractivity contribution in [3.05, 3.63) is 71.9 Å². The topological polar surface area (TPSA) is 50.3 Å². The van der Waals surface area contributed by atoms with E-state index in [1.807, 2.05) is 50.2 Å². The fraction of sp³-hybridized carbons (Fsp3) is 0.273. The molecule has 0 aliphatic carbocycles. The van der Waals surface area contributed by atoms with Gasteiger partial charge in [0.1, 0.15) is 11.6 Å². The van der Waals surface area contributed by atoms with Crippen LogP contribution < -0.4 is 15.0 Å². The monoisotopic (exact) mass is 362 g/mol. The Bertz CT molecular complexity index is 850. The highest BCUT2D eigenvalue weighted by molar-refractivity contribution is 5.56. The van der Waals surface area contributed by atoms with Gasteiger partial charge in [0.15, 0.2) is 0 Å². The normalized spacial score (nSPS) is 10.5. The van der Waals surface area contributed by atoms with E-state index in [4.69, 9.17) is 9.72 Å². The predicted octanol–water partition coefficient (Wildman–Crippen LogP) is 4.95. The van der Waals surface area contributed by atoms with Gasteiger partial charge < -0.3 is 15.0 Å². The van der Waals surface area contributed by atoms with Crippen LogP contribution in [0.3, 0.4) is 0 Å². The van der Waals surface area contributed by atoms with Crippen LogP contribution in [0.5, 0.6) is 5.75 Å². The largest absolute Gasteiger partial charge is 0.494 e. The summed E-state index contributed by atoms with van der Waals surface area (Å²) in [7, 11) is 0. The third kappa shape index (κ3) is 5.20. The van der Waals surface area contributed by atoms with E-state index in [-0.39, 0.29) is 0 Å². The van der Waals surface area contributed by atoms with Crippen LogP contribution in [0, 0.1) is 6.92 Å². The molecule has 5 nitrogen and oxygen atoms in total. The number of anilines is 3. The first-order chi connectivity index (χ1) is 13.2. The quantitative estimate of drug-likeness (QED) is 0.614. The number of rotatable bonds is 8. The first-order valence-corrected chi connectivity index (χ1v) is 9.32. The Morgan fingerprint density at radius 1 is 0.963 bits per heavy atom. The Morgan fingerprint density at radius 3 is 2.37 bits per heavy atom. The smallest absolute Gasteiger partial charge is 0.229 e. The van der Waals surface area contributed by atoms with Gasteiger partial charge in [0, 0.05) is 30.5 Å². The highest BCUT2D eigenvalue weighted by atomic mass is 16.5. The number of benzene rings is 2. The Kier molecular flexibility index (Phi) is 6.26. The zero-order chi connectivity index (χ0) is 19.1. The number of nitrogens with zero attached hydrogens (tertiary/aromatic N) is 3. The molecule has 0 aliphatic rings. The fourth-order valence-corrected chi connectivity index (χ4v) is 2.86. The summed E-state index contributed by atoms with van der Waals surface area (Å²) in [6, 6.07) is 20.3. The van der Waals surface area contributed by atoms with Gasteiger partial charge >= 0.3 is 0 Å². The molecule has 0 spiro atoms. The van der Waals surface area contributed by atoms with E-state index >= 15 is 0 Å². The number of hydrogen-bond donors (Lipinski definition) is 1. The lowest BCUT2D eigenvalue weighted by Gasteiger charge is -2.23. The molecule has 0 saturated heterocycles. The first kappa shape index (κ1) is 18.7. The molecule has 1 N–H and O–H groups in total. The van der Waals surface area contributed by atoms with Crippen molar-refractivity contribution in [2.75, 3.05) is 23.4 Å². The molecule has 3 aromatic rings. The van der Waals surface area contributed by atoms with Gasteiger partial charge in [-0.25, -0.2) is 4.98 Å². The summed E-state index contributed by atoms with van der Waals surface area (Å²) in [5.41, 5.74) is 3.12. The van der Waals surface area contributed by atoms with Crippen molar-refractivity contribution in [1.29, 1.82) is 0 Å². The van der Waals surface area contributed by atoms with E-state index in [1.54, 1.807) is 0 Å². The highest BCUT2D eigenvalue weighted by Crippen LogP contribution is 2.21. The van der Waals surface area contributed by atoms with Crippen LogP contribution in [-0.4, -0.2) is 23.1 Å². The summed E-state index contributed by atoms with van der Waals surface area (Å²) in [6.07, 6.45) is 0. The Balaban J connectivity index is 1.78. The lowest BCUT2D eigenvalue weighted by Crippen LogP contribution is -2.23. The SMILES string of the molecule is CCOc1ccc(Nc2nc(C)cc(N(CC)Cc3ccccc3)n2)cc1. The lowest BCUT2D eigenvalue weighted by molar-refractivity contribution is 0.340. The summed E-state index contributed by atoms with van der Waals surface area (Å²) >= 11 is 0. The zero-order valence-electron chi connectivity index (χ0n) is 16.1. The van der Waals surface area contributed by atoms with Gasteiger partial charge in [-0.3, -0.25) is 0 Å². The predicted molar refractivity (Wildman–Crippen MR) is 111 cm³/mol. The first-order valence-electron chi connectivity index (χ1n) is 9.32. The molecule has 140 valence electrons. The van der Waals surface area contributed by atoms with Gasteiger partial charge in [0.2, 0.25) is 5.95 Å². The van der Waals surface area contributed by atoms with E-state index in [1.165, 1.54) is 5.56 Å². The van der Waals surface area contributed by atoms with E-state index in [9.17, 15) is 0 Å². The third-order valence-corrected chi connectivity index (χ3v) is 4.18. The molecule has 0 radical (unpaired) electrons. The number of ether oxygens (including phenoxy) is 1. The summed E-state index contributed by atoms with van der Waals surface area (Å²) in [5.74, 6) is 2.37. The zero-order valence-corrected chi connectivity index (χ0v) is 16.1. The van der Waals surface area contributed by atoms with Crippen molar-refractivity contribution in [3.63, 3.8) is 0 Å². The van der Waals surface area contributed by atoms with Gasteiger partial charge in [-0.1, -0.05) is 30.3 Å². The molecule has 0 unspecified atom stereocenters. The second-order valence-corrected chi connectivity index (χ2v) is 6.27. The van der Waals surface area contributed by atoms with E-state index < -0.39 is 0 Å². The molecule has 5 heteroatoms. The molecule has 0 fully saturated rings. The van der Waals surface area contributed by atoms with Gasteiger partial charge in [-0.15, -0.1) is 0 Å². The fourth-order valence-electron chi connectivity index (χ4n) is 2.86. The molecular weight excluding hydrogens is 336 g/mol. The second-order valence-electron chi connectivity index (χ2n) is 6.27. The number of aryl methyl sites for hydroxylation is 1. The molecule has 3 rings (SSSR count). The third-order valence-electron chi connectivity index (χ3n) is 4.18. The van der Waals surface area contributed by atoms with Crippen molar-refractivity contribution < 1.29 is 4.74 Å². The summed E-state index contributed by atoms with van der Waals surface area (Å²) < 4.78 is 5.49. The van der Waals surface area contributed by atoms with Crippen LogP contribution >= 0.6 is 0 Å². The Morgan fingerprint density at radius 2 is 1.70 bits per heavy atom. The maximum absolute atomic E-state index is 5.49. The molecule has 0 aliphatic heterocycles. The molecule has 0 saturated carbocycles. The Hall–Kier alpha value is -3.08. The van der Waals surface area contributed by atoms with Crippen LogP contribution in [0.2, 0.25) is 0 Å². The number of aromatic nitrogens is 2. The second kappa shape index (κ2) is 9.03. The van der Waals surface area contributed by atoms with Crippen LogP contribution in [0.15, 0.2) is 60.7 Å². The molecule has 1 heterocycles.